The number of rotatable bonds is 4. The van der Waals surface area contributed by atoms with Gasteiger partial charge in [-0.15, -0.1) is 11.3 Å². The molecule has 0 radical (unpaired) electrons. The van der Waals surface area contributed by atoms with Gasteiger partial charge in [0, 0.05) is 43.0 Å². The van der Waals surface area contributed by atoms with Crippen molar-refractivity contribution in [2.75, 3.05) is 19.6 Å². The summed E-state index contributed by atoms with van der Waals surface area (Å²) < 4.78 is 5.00. The summed E-state index contributed by atoms with van der Waals surface area (Å²) in [6.07, 6.45) is 4.68. The molecule has 2 aromatic rings. The molecule has 2 aliphatic rings. The summed E-state index contributed by atoms with van der Waals surface area (Å²) in [6.45, 7) is 2.12. The van der Waals surface area contributed by atoms with Crippen LogP contribution in [-0.4, -0.2) is 52.4 Å². The Bertz CT molecular complexity index is 729. The number of hydrogen-bond acceptors (Lipinski definition) is 5. The third-order valence-electron chi connectivity index (χ3n) is 5.26. The molecule has 7 heteroatoms. The van der Waals surface area contributed by atoms with Crippen LogP contribution in [0.2, 0.25) is 0 Å². The zero-order chi connectivity index (χ0) is 17.2. The quantitative estimate of drug-likeness (QED) is 0.841. The summed E-state index contributed by atoms with van der Waals surface area (Å²) in [7, 11) is 0. The lowest BCUT2D eigenvalue weighted by molar-refractivity contribution is -0.140. The van der Waals surface area contributed by atoms with Gasteiger partial charge in [0.2, 0.25) is 11.7 Å². The zero-order valence-electron chi connectivity index (χ0n) is 14.0. The van der Waals surface area contributed by atoms with Crippen molar-refractivity contribution in [3.05, 3.63) is 40.4 Å². The average Bonchev–Trinajstić information content (AvgIpc) is 3.33. The summed E-state index contributed by atoms with van der Waals surface area (Å²) in [5.74, 6) is 0.798. The summed E-state index contributed by atoms with van der Waals surface area (Å²) in [6, 6.07) is 6.02. The second-order valence-corrected chi connectivity index (χ2v) is 7.73. The molecule has 0 spiro atoms. The summed E-state index contributed by atoms with van der Waals surface area (Å²) >= 11 is 1.74. The van der Waals surface area contributed by atoms with E-state index < -0.39 is 0 Å². The van der Waals surface area contributed by atoms with Crippen molar-refractivity contribution in [3.63, 3.8) is 0 Å². The largest absolute Gasteiger partial charge is 0.351 e. The fourth-order valence-corrected chi connectivity index (χ4v) is 4.69. The number of amides is 2. The van der Waals surface area contributed by atoms with Gasteiger partial charge in [0.1, 0.15) is 0 Å². The summed E-state index contributed by atoms with van der Waals surface area (Å²) in [5, 5.41) is 5.69. The number of carbonyl (C=O) groups excluding carboxylic acids is 2. The van der Waals surface area contributed by atoms with Crippen LogP contribution in [0.1, 0.15) is 34.7 Å². The third-order valence-corrected chi connectivity index (χ3v) is 6.19. The molecule has 2 atom stereocenters. The molecule has 2 fully saturated rings. The van der Waals surface area contributed by atoms with Gasteiger partial charge in [-0.1, -0.05) is 11.2 Å². The van der Waals surface area contributed by atoms with E-state index in [4.69, 9.17) is 4.52 Å². The van der Waals surface area contributed by atoms with Crippen molar-refractivity contribution in [2.24, 2.45) is 5.92 Å². The van der Waals surface area contributed by atoms with Gasteiger partial charge >= 0.3 is 0 Å². The topological polar surface area (TPSA) is 66.7 Å². The molecular weight excluding hydrogens is 338 g/mol. The van der Waals surface area contributed by atoms with Gasteiger partial charge in [-0.05, 0) is 36.6 Å². The molecular formula is C18H21N3O3S. The molecule has 6 nitrogen and oxygen atoms in total. The molecule has 4 rings (SSSR count). The van der Waals surface area contributed by atoms with Crippen LogP contribution in [0.15, 0.2) is 34.3 Å². The van der Waals surface area contributed by atoms with E-state index in [-0.39, 0.29) is 17.9 Å². The van der Waals surface area contributed by atoms with Crippen molar-refractivity contribution in [2.45, 2.75) is 31.7 Å². The first-order valence-corrected chi connectivity index (χ1v) is 9.62. The number of thiophene rings is 1. The smallest absolute Gasteiger partial charge is 0.292 e. The molecule has 4 heterocycles. The molecule has 0 unspecified atom stereocenters. The first-order chi connectivity index (χ1) is 12.2. The van der Waals surface area contributed by atoms with Crippen molar-refractivity contribution >= 4 is 23.2 Å². The Hall–Kier alpha value is -2.15. The van der Waals surface area contributed by atoms with E-state index in [9.17, 15) is 9.59 Å². The maximum Gasteiger partial charge on any atom is 0.292 e. The van der Waals surface area contributed by atoms with Crippen LogP contribution in [0.4, 0.5) is 0 Å². The minimum absolute atomic E-state index is 0.0991. The Balaban J connectivity index is 1.41. The fraction of sp³-hybridized carbons (Fsp3) is 0.500. The van der Waals surface area contributed by atoms with Crippen molar-refractivity contribution < 1.29 is 14.1 Å². The van der Waals surface area contributed by atoms with Gasteiger partial charge in [-0.25, -0.2) is 0 Å². The van der Waals surface area contributed by atoms with Gasteiger partial charge in [0.25, 0.3) is 5.91 Å². The third kappa shape index (κ3) is 3.33. The van der Waals surface area contributed by atoms with Crippen molar-refractivity contribution in [3.8, 4) is 0 Å². The highest BCUT2D eigenvalue weighted by Crippen LogP contribution is 2.32. The van der Waals surface area contributed by atoms with Crippen LogP contribution in [-0.2, 0) is 11.2 Å². The molecule has 25 heavy (non-hydrogen) atoms. The van der Waals surface area contributed by atoms with Crippen LogP contribution in [0.25, 0.3) is 0 Å². The van der Waals surface area contributed by atoms with Gasteiger partial charge in [-0.3, -0.25) is 9.59 Å². The molecule has 0 N–H and O–H groups in total. The zero-order valence-corrected chi connectivity index (χ0v) is 14.8. The predicted octanol–water partition coefficient (Wildman–Crippen LogP) is 2.43. The highest BCUT2D eigenvalue weighted by atomic mass is 32.1. The Morgan fingerprint density at radius 2 is 2.28 bits per heavy atom. The Morgan fingerprint density at radius 3 is 3.04 bits per heavy atom. The predicted molar refractivity (Wildman–Crippen MR) is 93.3 cm³/mol. The van der Waals surface area contributed by atoms with Crippen molar-refractivity contribution in [1.29, 1.82) is 0 Å². The minimum atomic E-state index is -0.0991. The van der Waals surface area contributed by atoms with E-state index in [1.165, 1.54) is 11.1 Å². The average molecular weight is 359 g/mol. The molecule has 132 valence electrons. The standard InChI is InChI=1S/C18H21N3O3S/c22-17-4-3-13-12-20(18(23)16-5-8-19-24-16)9-7-15(13)21(17)10-6-14-2-1-11-25-14/h1-2,5,8,11,13,15H,3-4,6-7,9-10,12H2/t13-,15+/m1/s1. The SMILES string of the molecule is O=C(c1ccno1)N1CC[C@H]2[C@H](CCC(=O)N2CCc2cccs2)C1. The maximum atomic E-state index is 12.5. The second-order valence-electron chi connectivity index (χ2n) is 6.70. The molecule has 0 aromatic carbocycles. The summed E-state index contributed by atoms with van der Waals surface area (Å²) in [5.41, 5.74) is 0. The number of likely N-dealkylation sites (tertiary alicyclic amines) is 2. The van der Waals surface area contributed by atoms with Crippen LogP contribution in [0.3, 0.4) is 0 Å². The lowest BCUT2D eigenvalue weighted by atomic mass is 9.83. The molecule has 2 aromatic heterocycles. The first-order valence-electron chi connectivity index (χ1n) is 8.74. The lowest BCUT2D eigenvalue weighted by Gasteiger charge is -2.47. The Kier molecular flexibility index (Phi) is 4.57. The molecule has 2 aliphatic heterocycles. The van der Waals surface area contributed by atoms with Gasteiger partial charge < -0.3 is 14.3 Å². The number of fused-ring (bicyclic) bond motifs is 1. The highest BCUT2D eigenvalue weighted by Gasteiger charge is 2.40. The van der Waals surface area contributed by atoms with E-state index in [0.29, 0.717) is 31.2 Å². The van der Waals surface area contributed by atoms with E-state index in [1.54, 1.807) is 17.4 Å². The second kappa shape index (κ2) is 7.00. The summed E-state index contributed by atoms with van der Waals surface area (Å²) in [4.78, 5) is 30.1. The van der Waals surface area contributed by atoms with E-state index in [2.05, 4.69) is 27.6 Å². The minimum Gasteiger partial charge on any atom is -0.351 e. The lowest BCUT2D eigenvalue weighted by Crippen LogP contribution is -2.57. The monoisotopic (exact) mass is 359 g/mol. The number of nitrogens with zero attached hydrogens (tertiary/aromatic N) is 3. The number of aromatic nitrogens is 1. The van der Waals surface area contributed by atoms with Gasteiger partial charge in [0.15, 0.2) is 0 Å². The Morgan fingerprint density at radius 1 is 1.36 bits per heavy atom. The van der Waals surface area contributed by atoms with Gasteiger partial charge in [-0.2, -0.15) is 0 Å². The fourth-order valence-electron chi connectivity index (χ4n) is 3.99. The molecule has 0 saturated carbocycles. The van der Waals surface area contributed by atoms with Crippen LogP contribution < -0.4 is 0 Å². The number of hydrogen-bond donors (Lipinski definition) is 0. The van der Waals surface area contributed by atoms with E-state index in [0.717, 1.165) is 25.8 Å². The van der Waals surface area contributed by atoms with E-state index >= 15 is 0 Å². The first kappa shape index (κ1) is 16.3. The number of piperidine rings is 2. The maximum absolute atomic E-state index is 12.5. The molecule has 0 aliphatic carbocycles. The highest BCUT2D eigenvalue weighted by molar-refractivity contribution is 7.09. The van der Waals surface area contributed by atoms with E-state index in [1.807, 2.05) is 4.90 Å². The Labute approximate surface area is 150 Å². The molecule has 2 saturated heterocycles. The molecule has 2 amide bonds. The molecule has 0 bridgehead atoms. The van der Waals surface area contributed by atoms with Crippen molar-refractivity contribution in [1.82, 2.24) is 15.0 Å². The van der Waals surface area contributed by atoms with Crippen LogP contribution >= 0.6 is 11.3 Å². The van der Waals surface area contributed by atoms with Crippen LogP contribution in [0, 0.1) is 5.92 Å². The normalized spacial score (nSPS) is 23.6. The van der Waals surface area contributed by atoms with Crippen LogP contribution in [0.5, 0.6) is 0 Å². The number of carbonyl (C=O) groups is 2. The van der Waals surface area contributed by atoms with Gasteiger partial charge in [0.05, 0.1) is 6.20 Å².